The van der Waals surface area contributed by atoms with E-state index in [1.54, 1.807) is 0 Å². The minimum absolute atomic E-state index is 0.312. The Morgan fingerprint density at radius 3 is 2.29 bits per heavy atom. The highest BCUT2D eigenvalue weighted by Crippen LogP contribution is 2.00. The van der Waals surface area contributed by atoms with Gasteiger partial charge in [-0.3, -0.25) is 0 Å². The Morgan fingerprint density at radius 2 is 1.64 bits per heavy atom. The molecule has 0 aliphatic rings. The predicted molar refractivity (Wildman–Crippen MR) is 61.6 cm³/mol. The summed E-state index contributed by atoms with van der Waals surface area (Å²) in [6.07, 6.45) is 6.12. The first-order chi connectivity index (χ1) is 6.81. The molecule has 2 N–H and O–H groups in total. The molecule has 0 radical (unpaired) electrons. The molecule has 0 aromatic carbocycles. The summed E-state index contributed by atoms with van der Waals surface area (Å²) in [4.78, 5) is 2.30. The van der Waals surface area contributed by atoms with Gasteiger partial charge >= 0.3 is 0 Å². The first kappa shape index (κ1) is 13.9. The maximum atomic E-state index is 8.65. The maximum absolute atomic E-state index is 8.65. The van der Waals surface area contributed by atoms with Gasteiger partial charge in [-0.2, -0.15) is 0 Å². The van der Waals surface area contributed by atoms with Gasteiger partial charge < -0.3 is 15.3 Å². The van der Waals surface area contributed by atoms with E-state index < -0.39 is 0 Å². The van der Waals surface area contributed by atoms with Crippen LogP contribution in [-0.4, -0.2) is 50.3 Å². The van der Waals surface area contributed by atoms with Crippen LogP contribution in [0.25, 0.3) is 0 Å². The Morgan fingerprint density at radius 1 is 1.00 bits per heavy atom. The second-order valence-electron chi connectivity index (χ2n) is 3.90. The summed E-state index contributed by atoms with van der Waals surface area (Å²) < 4.78 is 0. The van der Waals surface area contributed by atoms with Crippen molar-refractivity contribution in [3.8, 4) is 0 Å². The molecule has 14 heavy (non-hydrogen) atoms. The number of aliphatic hydroxyl groups is 1. The van der Waals surface area contributed by atoms with E-state index in [2.05, 4.69) is 17.3 Å². The number of rotatable bonds is 10. The van der Waals surface area contributed by atoms with Gasteiger partial charge in [0.2, 0.25) is 0 Å². The summed E-state index contributed by atoms with van der Waals surface area (Å²) in [5, 5.41) is 11.8. The van der Waals surface area contributed by atoms with Crippen LogP contribution >= 0.6 is 0 Å². The smallest absolute Gasteiger partial charge is 0.0443 e. The Hall–Kier alpha value is -0.120. The van der Waals surface area contributed by atoms with Crippen molar-refractivity contribution in [3.05, 3.63) is 0 Å². The van der Waals surface area contributed by atoms with E-state index in [1.165, 1.54) is 32.2 Å². The summed E-state index contributed by atoms with van der Waals surface area (Å²) in [6, 6.07) is 0. The van der Waals surface area contributed by atoms with Crippen molar-refractivity contribution in [2.45, 2.75) is 32.1 Å². The van der Waals surface area contributed by atoms with Crippen molar-refractivity contribution in [3.63, 3.8) is 0 Å². The SMILES string of the molecule is CNCCCCCCN(C)CCCO. The van der Waals surface area contributed by atoms with E-state index in [0.717, 1.165) is 19.5 Å². The van der Waals surface area contributed by atoms with Crippen LogP contribution in [0.3, 0.4) is 0 Å². The minimum atomic E-state index is 0.312. The van der Waals surface area contributed by atoms with Crippen LogP contribution in [0.4, 0.5) is 0 Å². The summed E-state index contributed by atoms with van der Waals surface area (Å²) >= 11 is 0. The van der Waals surface area contributed by atoms with Crippen LogP contribution in [0.2, 0.25) is 0 Å². The Labute approximate surface area is 88.5 Å². The molecule has 0 aliphatic carbocycles. The van der Waals surface area contributed by atoms with E-state index in [4.69, 9.17) is 5.11 Å². The fourth-order valence-corrected chi connectivity index (χ4v) is 1.49. The van der Waals surface area contributed by atoms with Crippen molar-refractivity contribution in [2.75, 3.05) is 40.3 Å². The van der Waals surface area contributed by atoms with Crippen LogP contribution in [0.15, 0.2) is 0 Å². The molecule has 0 saturated carbocycles. The van der Waals surface area contributed by atoms with Crippen molar-refractivity contribution < 1.29 is 5.11 Å². The third-order valence-electron chi connectivity index (χ3n) is 2.41. The lowest BCUT2D eigenvalue weighted by Gasteiger charge is -2.15. The second-order valence-corrected chi connectivity index (χ2v) is 3.90. The fraction of sp³-hybridized carbons (Fsp3) is 1.00. The second kappa shape index (κ2) is 11.0. The molecule has 86 valence electrons. The van der Waals surface area contributed by atoms with Gasteiger partial charge in [-0.1, -0.05) is 12.8 Å². The number of unbranched alkanes of at least 4 members (excludes halogenated alkanes) is 3. The zero-order valence-corrected chi connectivity index (χ0v) is 9.76. The average molecular weight is 202 g/mol. The van der Waals surface area contributed by atoms with Crippen LogP contribution in [0, 0.1) is 0 Å². The van der Waals surface area contributed by atoms with Gasteiger partial charge in [0.05, 0.1) is 0 Å². The number of aliphatic hydroxyl groups excluding tert-OH is 1. The van der Waals surface area contributed by atoms with E-state index in [1.807, 2.05) is 7.05 Å². The van der Waals surface area contributed by atoms with Crippen molar-refractivity contribution >= 4 is 0 Å². The zero-order valence-electron chi connectivity index (χ0n) is 9.76. The third-order valence-corrected chi connectivity index (χ3v) is 2.41. The van der Waals surface area contributed by atoms with Gasteiger partial charge in [-0.25, -0.2) is 0 Å². The lowest BCUT2D eigenvalue weighted by molar-refractivity contribution is 0.245. The molecule has 3 nitrogen and oxygen atoms in total. The molecule has 3 heteroatoms. The first-order valence-corrected chi connectivity index (χ1v) is 5.75. The van der Waals surface area contributed by atoms with Gasteiger partial charge in [0.25, 0.3) is 0 Å². The Bertz CT molecular complexity index is 109. The van der Waals surface area contributed by atoms with Gasteiger partial charge in [0, 0.05) is 13.2 Å². The monoisotopic (exact) mass is 202 g/mol. The molecule has 0 heterocycles. The molecule has 0 aromatic rings. The minimum Gasteiger partial charge on any atom is -0.396 e. The summed E-state index contributed by atoms with van der Waals surface area (Å²) in [5.74, 6) is 0. The van der Waals surface area contributed by atoms with E-state index in [9.17, 15) is 0 Å². The molecule has 0 aromatic heterocycles. The fourth-order valence-electron chi connectivity index (χ4n) is 1.49. The normalized spacial score (nSPS) is 11.1. The van der Waals surface area contributed by atoms with Gasteiger partial charge in [-0.05, 0) is 46.4 Å². The van der Waals surface area contributed by atoms with E-state index in [-0.39, 0.29) is 0 Å². The number of nitrogens with one attached hydrogen (secondary N) is 1. The number of nitrogens with zero attached hydrogens (tertiary/aromatic N) is 1. The summed E-state index contributed by atoms with van der Waals surface area (Å²) in [6.45, 7) is 3.64. The molecule has 0 saturated heterocycles. The standard InChI is InChI=1S/C11H26N2O/c1-12-8-5-3-4-6-9-13(2)10-7-11-14/h12,14H,3-11H2,1-2H3. The first-order valence-electron chi connectivity index (χ1n) is 5.75. The topological polar surface area (TPSA) is 35.5 Å². The highest BCUT2D eigenvalue weighted by atomic mass is 16.3. The van der Waals surface area contributed by atoms with Crippen molar-refractivity contribution in [1.82, 2.24) is 10.2 Å². The Balaban J connectivity index is 3.02. The van der Waals surface area contributed by atoms with Crippen LogP contribution in [0.1, 0.15) is 32.1 Å². The van der Waals surface area contributed by atoms with Gasteiger partial charge in [0.1, 0.15) is 0 Å². The highest BCUT2D eigenvalue weighted by molar-refractivity contribution is 4.52. The third kappa shape index (κ3) is 9.96. The molecular formula is C11H26N2O. The predicted octanol–water partition coefficient (Wildman–Crippen LogP) is 1.08. The van der Waals surface area contributed by atoms with Crippen molar-refractivity contribution in [1.29, 1.82) is 0 Å². The molecular weight excluding hydrogens is 176 g/mol. The molecule has 0 fully saturated rings. The quantitative estimate of drug-likeness (QED) is 0.520. The van der Waals surface area contributed by atoms with Crippen LogP contribution < -0.4 is 5.32 Å². The molecule has 0 unspecified atom stereocenters. The van der Waals surface area contributed by atoms with Crippen LogP contribution in [0.5, 0.6) is 0 Å². The van der Waals surface area contributed by atoms with E-state index in [0.29, 0.717) is 6.61 Å². The maximum Gasteiger partial charge on any atom is 0.0443 e. The molecule has 0 amide bonds. The Kier molecular flexibility index (Phi) is 10.9. The largest absolute Gasteiger partial charge is 0.396 e. The van der Waals surface area contributed by atoms with Crippen molar-refractivity contribution in [2.24, 2.45) is 0 Å². The van der Waals surface area contributed by atoms with Gasteiger partial charge in [0.15, 0.2) is 0 Å². The number of hydrogen-bond acceptors (Lipinski definition) is 3. The lowest BCUT2D eigenvalue weighted by Crippen LogP contribution is -2.21. The molecule has 0 atom stereocenters. The molecule has 0 spiro atoms. The molecule has 0 rings (SSSR count). The number of hydrogen-bond donors (Lipinski definition) is 2. The average Bonchev–Trinajstić information content (AvgIpc) is 2.20. The summed E-state index contributed by atoms with van der Waals surface area (Å²) in [7, 11) is 4.13. The van der Waals surface area contributed by atoms with Crippen LogP contribution in [-0.2, 0) is 0 Å². The zero-order chi connectivity index (χ0) is 10.6. The molecule has 0 aliphatic heterocycles. The highest BCUT2D eigenvalue weighted by Gasteiger charge is 1.96. The van der Waals surface area contributed by atoms with E-state index >= 15 is 0 Å². The lowest BCUT2D eigenvalue weighted by atomic mass is 10.2. The van der Waals surface area contributed by atoms with Gasteiger partial charge in [-0.15, -0.1) is 0 Å². The molecule has 0 bridgehead atoms. The summed E-state index contributed by atoms with van der Waals surface area (Å²) in [5.41, 5.74) is 0.